The molecule has 0 spiro atoms. The van der Waals surface area contributed by atoms with Crippen LogP contribution in [0.4, 0.5) is 10.1 Å². The molecule has 0 aliphatic carbocycles. The molecule has 0 aliphatic heterocycles. The van der Waals surface area contributed by atoms with E-state index in [1.54, 1.807) is 18.5 Å². The predicted molar refractivity (Wildman–Crippen MR) is 151 cm³/mol. The summed E-state index contributed by atoms with van der Waals surface area (Å²) in [6.07, 6.45) is 5.46. The highest BCUT2D eigenvalue weighted by atomic mass is 19.1. The molecule has 6 rings (SSSR count). The summed E-state index contributed by atoms with van der Waals surface area (Å²) in [5, 5.41) is 13.0. The number of benzene rings is 2. The fourth-order valence-corrected chi connectivity index (χ4v) is 4.83. The molecule has 3 N–H and O–H groups in total. The van der Waals surface area contributed by atoms with E-state index in [-0.39, 0.29) is 5.82 Å². The number of aromatic nitrogens is 6. The van der Waals surface area contributed by atoms with E-state index >= 15 is 0 Å². The van der Waals surface area contributed by atoms with Gasteiger partial charge in [0.2, 0.25) is 0 Å². The SMILES string of the molecule is Cc1ncc(-c2ccc3[nH]nc(-c4cc5c(-c6cc(F)cc(NCCN(C)C)c6)cncc5[nH]4)c3c2)n1C. The van der Waals surface area contributed by atoms with Crippen LogP contribution < -0.4 is 5.32 Å². The van der Waals surface area contributed by atoms with Crippen molar-refractivity contribution in [2.45, 2.75) is 6.92 Å². The Balaban J connectivity index is 1.41. The number of aromatic amines is 2. The van der Waals surface area contributed by atoms with E-state index in [1.165, 1.54) is 6.07 Å². The minimum atomic E-state index is -0.293. The number of hydrogen-bond donors (Lipinski definition) is 3. The average molecular weight is 509 g/mol. The maximum atomic E-state index is 14.6. The Labute approximate surface area is 219 Å². The van der Waals surface area contributed by atoms with E-state index in [0.717, 1.165) is 80.2 Å². The number of pyridine rings is 1. The molecule has 192 valence electrons. The third-order valence-corrected chi connectivity index (χ3v) is 6.98. The highest BCUT2D eigenvalue weighted by Gasteiger charge is 2.16. The van der Waals surface area contributed by atoms with E-state index in [0.29, 0.717) is 0 Å². The number of likely N-dealkylation sites (N-methyl/N-ethyl adjacent to an activating group) is 1. The van der Waals surface area contributed by atoms with Gasteiger partial charge in [-0.2, -0.15) is 5.10 Å². The Bertz CT molecular complexity index is 1770. The molecule has 0 unspecified atom stereocenters. The third-order valence-electron chi connectivity index (χ3n) is 6.98. The molecular weight excluding hydrogens is 479 g/mol. The molecule has 0 bridgehead atoms. The van der Waals surface area contributed by atoms with Gasteiger partial charge in [-0.1, -0.05) is 6.07 Å². The van der Waals surface area contributed by atoms with Gasteiger partial charge in [0, 0.05) is 53.9 Å². The molecule has 0 saturated heterocycles. The molecule has 0 saturated carbocycles. The Morgan fingerprint density at radius 2 is 1.84 bits per heavy atom. The van der Waals surface area contributed by atoms with Crippen LogP contribution >= 0.6 is 0 Å². The maximum absolute atomic E-state index is 14.6. The van der Waals surface area contributed by atoms with Crippen LogP contribution in [-0.4, -0.2) is 61.8 Å². The van der Waals surface area contributed by atoms with Crippen molar-refractivity contribution < 1.29 is 4.39 Å². The number of hydrogen-bond acceptors (Lipinski definition) is 5. The molecule has 8 nitrogen and oxygen atoms in total. The van der Waals surface area contributed by atoms with Gasteiger partial charge in [0.25, 0.3) is 0 Å². The van der Waals surface area contributed by atoms with Crippen molar-refractivity contribution in [1.29, 1.82) is 0 Å². The smallest absolute Gasteiger partial charge is 0.125 e. The molecule has 0 aliphatic rings. The second-order valence-corrected chi connectivity index (χ2v) is 9.87. The van der Waals surface area contributed by atoms with Crippen LogP contribution in [0.3, 0.4) is 0 Å². The van der Waals surface area contributed by atoms with Crippen LogP contribution in [0.5, 0.6) is 0 Å². The fraction of sp³-hybridized carbons (Fsp3) is 0.207. The Kier molecular flexibility index (Phi) is 5.92. The number of nitrogens with one attached hydrogen (secondary N) is 3. The van der Waals surface area contributed by atoms with Crippen molar-refractivity contribution in [2.75, 3.05) is 32.5 Å². The van der Waals surface area contributed by atoms with E-state index < -0.39 is 0 Å². The lowest BCUT2D eigenvalue weighted by molar-refractivity contribution is 0.425. The monoisotopic (exact) mass is 508 g/mol. The molecule has 2 aromatic carbocycles. The van der Waals surface area contributed by atoms with E-state index in [9.17, 15) is 4.39 Å². The van der Waals surface area contributed by atoms with Gasteiger partial charge in [-0.3, -0.25) is 10.1 Å². The zero-order valence-electron chi connectivity index (χ0n) is 21.8. The summed E-state index contributed by atoms with van der Waals surface area (Å²) >= 11 is 0. The van der Waals surface area contributed by atoms with Gasteiger partial charge in [-0.15, -0.1) is 0 Å². The molecule has 0 fully saturated rings. The average Bonchev–Trinajstić information content (AvgIpc) is 3.59. The van der Waals surface area contributed by atoms with E-state index in [4.69, 9.17) is 0 Å². The maximum Gasteiger partial charge on any atom is 0.125 e. The summed E-state index contributed by atoms with van der Waals surface area (Å²) in [5.41, 5.74) is 7.94. The molecular formula is C29H29FN8. The number of imidazole rings is 1. The molecule has 38 heavy (non-hydrogen) atoms. The summed E-state index contributed by atoms with van der Waals surface area (Å²) in [6, 6.07) is 13.3. The van der Waals surface area contributed by atoms with Crippen LogP contribution in [0.25, 0.3) is 55.6 Å². The van der Waals surface area contributed by atoms with Crippen molar-refractivity contribution in [1.82, 2.24) is 34.6 Å². The first-order valence-electron chi connectivity index (χ1n) is 12.5. The predicted octanol–water partition coefficient (Wildman–Crippen LogP) is 5.59. The lowest BCUT2D eigenvalue weighted by Gasteiger charge is -2.13. The normalized spacial score (nSPS) is 11.7. The highest BCUT2D eigenvalue weighted by Crippen LogP contribution is 2.35. The quantitative estimate of drug-likeness (QED) is 0.261. The van der Waals surface area contributed by atoms with Crippen LogP contribution in [0, 0.1) is 12.7 Å². The number of nitrogens with zero attached hydrogens (tertiary/aromatic N) is 5. The third kappa shape index (κ3) is 4.31. The van der Waals surface area contributed by atoms with Gasteiger partial charge in [0.1, 0.15) is 17.3 Å². The topological polar surface area (TPSA) is 90.5 Å². The van der Waals surface area contributed by atoms with E-state index in [1.807, 2.05) is 46.4 Å². The Morgan fingerprint density at radius 1 is 0.974 bits per heavy atom. The fourth-order valence-electron chi connectivity index (χ4n) is 4.83. The van der Waals surface area contributed by atoms with Gasteiger partial charge in [-0.05, 0) is 63.0 Å². The summed E-state index contributed by atoms with van der Waals surface area (Å²) in [7, 11) is 6.04. The van der Waals surface area contributed by atoms with Crippen LogP contribution in [0.1, 0.15) is 5.82 Å². The molecule has 0 atom stereocenters. The van der Waals surface area contributed by atoms with Crippen molar-refractivity contribution in [2.24, 2.45) is 7.05 Å². The summed E-state index contributed by atoms with van der Waals surface area (Å²) in [5.74, 6) is 0.662. The molecule has 0 amide bonds. The lowest BCUT2D eigenvalue weighted by Crippen LogP contribution is -2.20. The largest absolute Gasteiger partial charge is 0.384 e. The van der Waals surface area contributed by atoms with Gasteiger partial charge >= 0.3 is 0 Å². The standard InChI is InChI=1S/C29H29FN8/c1-17-33-16-28(38(17)4)18-5-6-25-23(11-18)29(36-35-25)26-13-22-24(14-31-15-27(22)34-26)19-9-20(30)12-21(10-19)32-7-8-37(2)3/h5-6,9-16,32,34H,7-8H2,1-4H3,(H,35,36). The van der Waals surface area contributed by atoms with Gasteiger partial charge in [-0.25, -0.2) is 9.37 Å². The molecule has 0 radical (unpaired) electrons. The number of aryl methyl sites for hydroxylation is 1. The highest BCUT2D eigenvalue weighted by molar-refractivity contribution is 6.01. The van der Waals surface area contributed by atoms with Crippen molar-refractivity contribution in [3.05, 3.63) is 72.7 Å². The van der Waals surface area contributed by atoms with Crippen LogP contribution in [-0.2, 0) is 7.05 Å². The van der Waals surface area contributed by atoms with Crippen LogP contribution in [0.15, 0.2) is 61.1 Å². The van der Waals surface area contributed by atoms with E-state index in [2.05, 4.69) is 58.1 Å². The first-order valence-corrected chi connectivity index (χ1v) is 12.5. The number of rotatable bonds is 7. The molecule has 4 heterocycles. The minimum absolute atomic E-state index is 0.293. The van der Waals surface area contributed by atoms with Gasteiger partial charge in [0.05, 0.1) is 34.8 Å². The molecule has 9 heteroatoms. The summed E-state index contributed by atoms with van der Waals surface area (Å²) in [6.45, 7) is 3.56. The van der Waals surface area contributed by atoms with Crippen molar-refractivity contribution in [3.8, 4) is 33.8 Å². The number of fused-ring (bicyclic) bond motifs is 2. The molecule has 6 aromatic rings. The summed E-state index contributed by atoms with van der Waals surface area (Å²) < 4.78 is 16.7. The second-order valence-electron chi connectivity index (χ2n) is 9.87. The number of halogens is 1. The van der Waals surface area contributed by atoms with Crippen LogP contribution in [0.2, 0.25) is 0 Å². The lowest BCUT2D eigenvalue weighted by atomic mass is 10.0. The first kappa shape index (κ1) is 23.9. The second kappa shape index (κ2) is 9.42. The van der Waals surface area contributed by atoms with Crippen molar-refractivity contribution >= 4 is 27.5 Å². The number of H-pyrrole nitrogens is 2. The van der Waals surface area contributed by atoms with Gasteiger partial charge < -0.3 is 19.8 Å². The van der Waals surface area contributed by atoms with Gasteiger partial charge in [0.15, 0.2) is 0 Å². The minimum Gasteiger partial charge on any atom is -0.384 e. The zero-order chi connectivity index (χ0) is 26.4. The summed E-state index contributed by atoms with van der Waals surface area (Å²) in [4.78, 5) is 14.4. The first-order chi connectivity index (χ1) is 18.4. The Hall–Kier alpha value is -4.50. The van der Waals surface area contributed by atoms with Crippen molar-refractivity contribution in [3.63, 3.8) is 0 Å². The molecule has 4 aromatic heterocycles. The zero-order valence-corrected chi connectivity index (χ0v) is 21.8. The number of anilines is 1. The Morgan fingerprint density at radius 3 is 2.63 bits per heavy atom.